The standard InChI is InChI=1S/C20H18N4O3/c1-27-18-4-2-3-14(9-18)12-24-19(25)13-23(20(24)26)17-7-5-15(6-8-17)16-10-21-22-11-16/h2-11H,12-13H2,1H3,(H,21,22). The highest BCUT2D eigenvalue weighted by molar-refractivity contribution is 6.12. The van der Waals surface area contributed by atoms with Gasteiger partial charge in [0.2, 0.25) is 0 Å². The van der Waals surface area contributed by atoms with Crippen molar-refractivity contribution in [3.63, 3.8) is 0 Å². The molecule has 2 aromatic carbocycles. The number of H-pyrrole nitrogens is 1. The Bertz CT molecular complexity index is 967. The highest BCUT2D eigenvalue weighted by atomic mass is 16.5. The molecule has 0 atom stereocenters. The lowest BCUT2D eigenvalue weighted by molar-refractivity contribution is -0.125. The molecule has 0 saturated carbocycles. The Morgan fingerprint density at radius 3 is 2.63 bits per heavy atom. The number of ether oxygens (including phenoxy) is 1. The molecule has 3 amide bonds. The van der Waals surface area contributed by atoms with Gasteiger partial charge in [-0.25, -0.2) is 4.79 Å². The summed E-state index contributed by atoms with van der Waals surface area (Å²) in [4.78, 5) is 27.9. The lowest BCUT2D eigenvalue weighted by Gasteiger charge is -2.17. The molecule has 3 aromatic rings. The normalized spacial score (nSPS) is 14.1. The third-order valence-electron chi connectivity index (χ3n) is 4.54. The largest absolute Gasteiger partial charge is 0.497 e. The van der Waals surface area contributed by atoms with E-state index in [1.807, 2.05) is 48.5 Å². The zero-order valence-electron chi connectivity index (χ0n) is 14.8. The van der Waals surface area contributed by atoms with Crippen LogP contribution in [0.3, 0.4) is 0 Å². The van der Waals surface area contributed by atoms with Crippen LogP contribution < -0.4 is 9.64 Å². The smallest absolute Gasteiger partial charge is 0.332 e. The molecule has 0 aliphatic carbocycles. The molecule has 1 aliphatic heterocycles. The van der Waals surface area contributed by atoms with Gasteiger partial charge in [0.1, 0.15) is 12.3 Å². The number of carbonyl (C=O) groups excluding carboxylic acids is 2. The lowest BCUT2D eigenvalue weighted by Crippen LogP contribution is -2.32. The summed E-state index contributed by atoms with van der Waals surface area (Å²) in [6.45, 7) is 0.256. The zero-order valence-corrected chi connectivity index (χ0v) is 14.8. The highest BCUT2D eigenvalue weighted by Gasteiger charge is 2.36. The molecule has 1 fully saturated rings. The number of hydrogen-bond acceptors (Lipinski definition) is 4. The number of aromatic nitrogens is 2. The van der Waals surface area contributed by atoms with Crippen molar-refractivity contribution in [1.29, 1.82) is 0 Å². The minimum Gasteiger partial charge on any atom is -0.497 e. The maximum absolute atomic E-state index is 12.8. The molecule has 2 heterocycles. The number of nitrogens with one attached hydrogen (secondary N) is 1. The average molecular weight is 362 g/mol. The minimum atomic E-state index is -0.320. The maximum Gasteiger partial charge on any atom is 0.332 e. The second-order valence-corrected chi connectivity index (χ2v) is 6.23. The Kier molecular flexibility index (Phi) is 4.33. The predicted molar refractivity (Wildman–Crippen MR) is 100 cm³/mol. The first-order chi connectivity index (χ1) is 13.2. The van der Waals surface area contributed by atoms with E-state index in [1.165, 1.54) is 9.80 Å². The van der Waals surface area contributed by atoms with Gasteiger partial charge >= 0.3 is 6.03 Å². The van der Waals surface area contributed by atoms with E-state index in [9.17, 15) is 9.59 Å². The van der Waals surface area contributed by atoms with Gasteiger partial charge < -0.3 is 4.74 Å². The summed E-state index contributed by atoms with van der Waals surface area (Å²) in [5, 5.41) is 6.71. The van der Waals surface area contributed by atoms with E-state index in [2.05, 4.69) is 10.2 Å². The first-order valence-electron chi connectivity index (χ1n) is 8.50. The Hall–Kier alpha value is -3.61. The van der Waals surface area contributed by atoms with Crippen LogP contribution in [0.4, 0.5) is 10.5 Å². The van der Waals surface area contributed by atoms with Crippen LogP contribution in [0, 0.1) is 0 Å². The van der Waals surface area contributed by atoms with Gasteiger partial charge in [-0.3, -0.25) is 19.7 Å². The number of nitrogens with zero attached hydrogens (tertiary/aromatic N) is 3. The van der Waals surface area contributed by atoms with Crippen LogP contribution in [-0.4, -0.2) is 40.7 Å². The van der Waals surface area contributed by atoms with E-state index in [-0.39, 0.29) is 25.0 Å². The van der Waals surface area contributed by atoms with Crippen molar-refractivity contribution < 1.29 is 14.3 Å². The summed E-state index contributed by atoms with van der Waals surface area (Å²) in [6, 6.07) is 14.5. The van der Waals surface area contributed by atoms with Crippen LogP contribution in [0.25, 0.3) is 11.1 Å². The number of hydrogen-bond donors (Lipinski definition) is 1. The van der Waals surface area contributed by atoms with Crippen molar-refractivity contribution in [3.05, 3.63) is 66.5 Å². The number of amides is 3. The number of carbonyl (C=O) groups is 2. The monoisotopic (exact) mass is 362 g/mol. The average Bonchev–Trinajstić information content (AvgIpc) is 3.33. The molecule has 0 unspecified atom stereocenters. The van der Waals surface area contributed by atoms with Gasteiger partial charge in [-0.2, -0.15) is 5.10 Å². The number of methoxy groups -OCH3 is 1. The van der Waals surface area contributed by atoms with Crippen LogP contribution in [0.1, 0.15) is 5.56 Å². The molecular weight excluding hydrogens is 344 g/mol. The Balaban J connectivity index is 1.52. The van der Waals surface area contributed by atoms with E-state index in [0.717, 1.165) is 16.7 Å². The Morgan fingerprint density at radius 1 is 1.11 bits per heavy atom. The zero-order chi connectivity index (χ0) is 18.8. The first-order valence-corrected chi connectivity index (χ1v) is 8.50. The first kappa shape index (κ1) is 16.8. The molecule has 7 nitrogen and oxygen atoms in total. The maximum atomic E-state index is 12.8. The molecule has 1 aromatic heterocycles. The molecule has 0 radical (unpaired) electrons. The second kappa shape index (κ2) is 6.95. The summed E-state index contributed by atoms with van der Waals surface area (Å²) >= 11 is 0. The summed E-state index contributed by atoms with van der Waals surface area (Å²) in [7, 11) is 1.58. The molecule has 27 heavy (non-hydrogen) atoms. The lowest BCUT2D eigenvalue weighted by atomic mass is 10.1. The third-order valence-corrected chi connectivity index (χ3v) is 4.54. The van der Waals surface area contributed by atoms with E-state index in [1.54, 1.807) is 19.5 Å². The minimum absolute atomic E-state index is 0.0356. The van der Waals surface area contributed by atoms with Gasteiger partial charge in [0.15, 0.2) is 0 Å². The second-order valence-electron chi connectivity index (χ2n) is 6.23. The van der Waals surface area contributed by atoms with E-state index in [4.69, 9.17) is 4.74 Å². The summed E-state index contributed by atoms with van der Waals surface area (Å²) < 4.78 is 5.20. The Labute approximate surface area is 156 Å². The molecule has 1 N–H and O–H groups in total. The van der Waals surface area contributed by atoms with Crippen LogP contribution in [0.15, 0.2) is 60.9 Å². The number of aromatic amines is 1. The van der Waals surface area contributed by atoms with Gasteiger partial charge in [0.25, 0.3) is 5.91 Å². The number of rotatable bonds is 5. The number of benzene rings is 2. The quantitative estimate of drug-likeness (QED) is 0.708. The fourth-order valence-electron chi connectivity index (χ4n) is 3.09. The number of urea groups is 1. The predicted octanol–water partition coefficient (Wildman–Crippen LogP) is 3.05. The molecule has 0 bridgehead atoms. The van der Waals surface area contributed by atoms with Crippen LogP contribution in [0.5, 0.6) is 5.75 Å². The van der Waals surface area contributed by atoms with Crippen LogP contribution in [0.2, 0.25) is 0 Å². The summed E-state index contributed by atoms with van der Waals surface area (Å²) in [5.41, 5.74) is 3.48. The fourth-order valence-corrected chi connectivity index (χ4v) is 3.09. The molecule has 1 aliphatic rings. The Morgan fingerprint density at radius 2 is 1.93 bits per heavy atom. The molecule has 1 saturated heterocycles. The SMILES string of the molecule is COc1cccc(CN2C(=O)CN(c3ccc(-c4cn[nH]c4)cc3)C2=O)c1. The summed E-state index contributed by atoms with van der Waals surface area (Å²) in [5.74, 6) is 0.472. The van der Waals surface area contributed by atoms with Gasteiger partial charge in [-0.05, 0) is 35.4 Å². The summed E-state index contributed by atoms with van der Waals surface area (Å²) in [6.07, 6.45) is 3.53. The fraction of sp³-hybridized carbons (Fsp3) is 0.150. The van der Waals surface area contributed by atoms with E-state index >= 15 is 0 Å². The van der Waals surface area contributed by atoms with Gasteiger partial charge in [-0.15, -0.1) is 0 Å². The van der Waals surface area contributed by atoms with Crippen molar-refractivity contribution in [1.82, 2.24) is 15.1 Å². The van der Waals surface area contributed by atoms with Crippen molar-refractivity contribution >= 4 is 17.6 Å². The van der Waals surface area contributed by atoms with Crippen molar-refractivity contribution in [2.24, 2.45) is 0 Å². The molecule has 136 valence electrons. The third kappa shape index (κ3) is 3.27. The van der Waals surface area contributed by atoms with E-state index in [0.29, 0.717) is 11.4 Å². The molecule has 0 spiro atoms. The molecular formula is C20H18N4O3. The van der Waals surface area contributed by atoms with Crippen LogP contribution >= 0.6 is 0 Å². The number of imide groups is 1. The topological polar surface area (TPSA) is 78.5 Å². The van der Waals surface area contributed by atoms with Crippen molar-refractivity contribution in [2.45, 2.75) is 6.54 Å². The van der Waals surface area contributed by atoms with Crippen LogP contribution in [-0.2, 0) is 11.3 Å². The van der Waals surface area contributed by atoms with Crippen molar-refractivity contribution in [3.8, 4) is 16.9 Å². The highest BCUT2D eigenvalue weighted by Crippen LogP contribution is 2.26. The van der Waals surface area contributed by atoms with Crippen molar-refractivity contribution in [2.75, 3.05) is 18.6 Å². The van der Waals surface area contributed by atoms with Gasteiger partial charge in [0.05, 0.1) is 19.9 Å². The van der Waals surface area contributed by atoms with Gasteiger partial charge in [-0.1, -0.05) is 24.3 Å². The van der Waals surface area contributed by atoms with E-state index < -0.39 is 0 Å². The number of anilines is 1. The molecule has 7 heteroatoms. The van der Waals surface area contributed by atoms with Gasteiger partial charge in [0, 0.05) is 17.4 Å². The molecule has 4 rings (SSSR count).